The molecule has 48 heavy (non-hydrogen) atoms. The molecule has 0 atom stereocenters. The van der Waals surface area contributed by atoms with E-state index in [1.165, 1.54) is 51.0 Å². The number of hydrogen-bond acceptors (Lipinski definition) is 10. The van der Waals surface area contributed by atoms with Crippen LogP contribution in [0.1, 0.15) is 105 Å². The third-order valence-electron chi connectivity index (χ3n) is 7.63. The Hall–Kier alpha value is -4.80. The Balaban J connectivity index is 1.46. The van der Waals surface area contributed by atoms with Crippen LogP contribution in [-0.2, 0) is 23.8 Å². The zero-order valence-corrected chi connectivity index (χ0v) is 28.0. The van der Waals surface area contributed by atoms with Gasteiger partial charge in [-0.05, 0) is 31.5 Å². The monoisotopic (exact) mass is 661 g/mol. The number of carbonyl (C=O) groups is 4. The zero-order chi connectivity index (χ0) is 34.6. The number of fused-ring (bicyclic) bond motifs is 1. The van der Waals surface area contributed by atoms with E-state index in [2.05, 4.69) is 22.5 Å². The zero-order valence-electron chi connectivity index (χ0n) is 28.0. The maximum atomic E-state index is 13.1. The molecule has 0 unspecified atom stereocenters. The lowest BCUT2D eigenvalue weighted by Gasteiger charge is -2.11. The highest BCUT2D eigenvalue weighted by Gasteiger charge is 2.18. The molecular weight excluding hydrogens is 614 g/mol. The topological polar surface area (TPSA) is 153 Å². The van der Waals surface area contributed by atoms with E-state index in [0.717, 1.165) is 19.3 Å². The normalized spacial score (nSPS) is 11.0. The molecule has 0 heterocycles. The first-order valence-corrected chi connectivity index (χ1v) is 16.9. The van der Waals surface area contributed by atoms with Gasteiger partial charge in [-0.15, -0.1) is 10.2 Å². The molecule has 3 aromatic rings. The number of aromatic hydroxyl groups is 1. The van der Waals surface area contributed by atoms with E-state index >= 15 is 0 Å². The first-order valence-electron chi connectivity index (χ1n) is 16.9. The third-order valence-corrected chi connectivity index (χ3v) is 7.63. The van der Waals surface area contributed by atoms with Crippen molar-refractivity contribution < 1.29 is 38.5 Å². The van der Waals surface area contributed by atoms with Crippen LogP contribution in [0.25, 0.3) is 10.8 Å². The second-order valence-corrected chi connectivity index (χ2v) is 11.3. The van der Waals surface area contributed by atoms with Gasteiger partial charge in [0.15, 0.2) is 6.61 Å². The maximum absolute atomic E-state index is 13.1. The van der Waals surface area contributed by atoms with Gasteiger partial charge in [-0.25, -0.2) is 9.59 Å². The number of nitrogens with zero attached hydrogens (tertiary/aromatic N) is 2. The van der Waals surface area contributed by atoms with Gasteiger partial charge in [-0.2, -0.15) is 0 Å². The van der Waals surface area contributed by atoms with E-state index in [-0.39, 0.29) is 54.4 Å². The summed E-state index contributed by atoms with van der Waals surface area (Å²) in [6, 6.07) is 14.8. The summed E-state index contributed by atoms with van der Waals surface area (Å²) >= 11 is 0. The molecule has 11 nitrogen and oxygen atoms in total. The van der Waals surface area contributed by atoms with Crippen molar-refractivity contribution in [3.8, 4) is 5.75 Å². The standard InChI is InChI=1S/C37H47N3O8/c1-3-5-6-7-8-9-10-11-12-17-24-47-34(42)26-48-33(41)22-23-38-36(44)30-25-32(27-18-13-14-19-28(27)35(30)43)40-39-31-21-16-15-20-29(31)37(45)46-4-2/h13-16,18-21,25,43H,3-12,17,22-24,26H2,1-2H3,(H,38,44). The first-order chi connectivity index (χ1) is 23.3. The average Bonchev–Trinajstić information content (AvgIpc) is 3.09. The molecule has 0 aliphatic heterocycles. The van der Waals surface area contributed by atoms with Gasteiger partial charge in [0.1, 0.15) is 11.4 Å². The number of ether oxygens (including phenoxy) is 3. The number of amides is 1. The van der Waals surface area contributed by atoms with Crippen LogP contribution in [0.4, 0.5) is 11.4 Å². The van der Waals surface area contributed by atoms with Crippen molar-refractivity contribution >= 4 is 46.0 Å². The molecule has 11 heteroatoms. The molecule has 3 rings (SSSR count). The number of esters is 3. The lowest BCUT2D eigenvalue weighted by atomic mass is 10.0. The van der Waals surface area contributed by atoms with Crippen LogP contribution in [-0.4, -0.2) is 55.3 Å². The number of hydrogen-bond donors (Lipinski definition) is 2. The largest absolute Gasteiger partial charge is 0.506 e. The molecule has 0 aliphatic carbocycles. The van der Waals surface area contributed by atoms with Crippen molar-refractivity contribution in [3.05, 3.63) is 65.7 Å². The Morgan fingerprint density at radius 2 is 1.31 bits per heavy atom. The number of rotatable bonds is 21. The molecule has 3 aromatic carbocycles. The molecule has 0 spiro atoms. The predicted octanol–water partition coefficient (Wildman–Crippen LogP) is 8.26. The predicted molar refractivity (Wildman–Crippen MR) is 183 cm³/mol. The van der Waals surface area contributed by atoms with E-state index in [1.807, 2.05) is 0 Å². The molecule has 0 radical (unpaired) electrons. The molecular formula is C37H47N3O8. The summed E-state index contributed by atoms with van der Waals surface area (Å²) < 4.78 is 15.2. The van der Waals surface area contributed by atoms with Gasteiger partial charge in [0.25, 0.3) is 5.91 Å². The molecule has 0 aliphatic rings. The van der Waals surface area contributed by atoms with Gasteiger partial charge in [-0.1, -0.05) is 101 Å². The van der Waals surface area contributed by atoms with Gasteiger partial charge in [0.2, 0.25) is 0 Å². The molecule has 0 aromatic heterocycles. The second kappa shape index (κ2) is 21.1. The van der Waals surface area contributed by atoms with Gasteiger partial charge in [0.05, 0.1) is 36.4 Å². The van der Waals surface area contributed by atoms with Crippen LogP contribution in [0.5, 0.6) is 5.75 Å². The Morgan fingerprint density at radius 1 is 0.688 bits per heavy atom. The van der Waals surface area contributed by atoms with Crippen LogP contribution in [0.2, 0.25) is 0 Å². The highest BCUT2D eigenvalue weighted by molar-refractivity contribution is 6.07. The molecule has 0 saturated carbocycles. The third kappa shape index (κ3) is 12.4. The van der Waals surface area contributed by atoms with Crippen molar-refractivity contribution in [3.63, 3.8) is 0 Å². The molecule has 0 fully saturated rings. The van der Waals surface area contributed by atoms with Gasteiger partial charge in [0, 0.05) is 17.3 Å². The summed E-state index contributed by atoms with van der Waals surface area (Å²) in [5.74, 6) is -2.74. The van der Waals surface area contributed by atoms with Gasteiger partial charge in [-0.3, -0.25) is 9.59 Å². The maximum Gasteiger partial charge on any atom is 0.344 e. The fourth-order valence-electron chi connectivity index (χ4n) is 5.05. The van der Waals surface area contributed by atoms with Gasteiger partial charge >= 0.3 is 17.9 Å². The van der Waals surface area contributed by atoms with Crippen molar-refractivity contribution in [1.29, 1.82) is 0 Å². The molecule has 0 saturated heterocycles. The number of nitrogens with one attached hydrogen (secondary N) is 1. The fourth-order valence-corrected chi connectivity index (χ4v) is 5.05. The quantitative estimate of drug-likeness (QED) is 0.0501. The first kappa shape index (κ1) is 37.7. The fraction of sp³-hybridized carbons (Fsp3) is 0.459. The summed E-state index contributed by atoms with van der Waals surface area (Å²) in [4.78, 5) is 49.5. The van der Waals surface area contributed by atoms with Gasteiger partial charge < -0.3 is 24.6 Å². The van der Waals surface area contributed by atoms with Crippen molar-refractivity contribution in [2.24, 2.45) is 10.2 Å². The highest BCUT2D eigenvalue weighted by atomic mass is 16.6. The van der Waals surface area contributed by atoms with Crippen LogP contribution >= 0.6 is 0 Å². The van der Waals surface area contributed by atoms with Crippen LogP contribution in [0, 0.1) is 0 Å². The Bertz CT molecular complexity index is 1540. The summed E-state index contributed by atoms with van der Waals surface area (Å²) in [7, 11) is 0. The Morgan fingerprint density at radius 3 is 2.02 bits per heavy atom. The summed E-state index contributed by atoms with van der Waals surface area (Å²) in [6.07, 6.45) is 11.6. The second-order valence-electron chi connectivity index (χ2n) is 11.3. The van der Waals surface area contributed by atoms with E-state index in [1.54, 1.807) is 55.5 Å². The van der Waals surface area contributed by atoms with Crippen molar-refractivity contribution in [2.75, 3.05) is 26.4 Å². The van der Waals surface area contributed by atoms with Crippen molar-refractivity contribution in [1.82, 2.24) is 5.32 Å². The average molecular weight is 662 g/mol. The Kier molecular flexibility index (Phi) is 16.6. The SMILES string of the molecule is CCCCCCCCCCCCOC(=O)COC(=O)CCNC(=O)c1cc(N=Nc2ccccc2C(=O)OCC)c2ccccc2c1O. The van der Waals surface area contributed by atoms with Crippen molar-refractivity contribution in [2.45, 2.75) is 84.5 Å². The lowest BCUT2D eigenvalue weighted by Crippen LogP contribution is -2.27. The number of phenols is 1. The number of phenolic OH excluding ortho intramolecular Hbond substituents is 1. The molecule has 1 amide bonds. The number of carbonyl (C=O) groups excluding carboxylic acids is 4. The van der Waals surface area contributed by atoms with Crippen LogP contribution in [0.3, 0.4) is 0 Å². The molecule has 0 bridgehead atoms. The van der Waals surface area contributed by atoms with E-state index in [9.17, 15) is 24.3 Å². The minimum atomic E-state index is -0.677. The van der Waals surface area contributed by atoms with E-state index in [0.29, 0.717) is 10.8 Å². The Labute approximate surface area is 282 Å². The van der Waals surface area contributed by atoms with E-state index < -0.39 is 30.4 Å². The highest BCUT2D eigenvalue weighted by Crippen LogP contribution is 2.37. The molecule has 258 valence electrons. The van der Waals surface area contributed by atoms with E-state index in [4.69, 9.17) is 14.2 Å². The number of azo groups is 1. The number of unbranched alkanes of at least 4 members (excludes halogenated alkanes) is 9. The number of benzene rings is 3. The molecule has 2 N–H and O–H groups in total. The summed E-state index contributed by atoms with van der Waals surface area (Å²) in [5.41, 5.74) is 0.715. The smallest absolute Gasteiger partial charge is 0.344 e. The summed E-state index contributed by atoms with van der Waals surface area (Å²) in [5, 5.41) is 22.9. The lowest BCUT2D eigenvalue weighted by molar-refractivity contribution is -0.158. The minimum absolute atomic E-state index is 0.0785. The minimum Gasteiger partial charge on any atom is -0.506 e. The van der Waals surface area contributed by atoms with Crippen LogP contribution in [0.15, 0.2) is 64.8 Å². The summed E-state index contributed by atoms with van der Waals surface area (Å²) in [6.45, 7) is 3.82. The van der Waals surface area contributed by atoms with Crippen LogP contribution < -0.4 is 5.32 Å².